The van der Waals surface area contributed by atoms with Crippen molar-refractivity contribution < 1.29 is 4.79 Å². The number of hydrogen-bond donors (Lipinski definition) is 0. The highest BCUT2D eigenvalue weighted by Gasteiger charge is 2.50. The summed E-state index contributed by atoms with van der Waals surface area (Å²) in [5.41, 5.74) is 2.19. The molecule has 2 bridgehead atoms. The van der Waals surface area contributed by atoms with Crippen LogP contribution in [-0.4, -0.2) is 6.29 Å². The van der Waals surface area contributed by atoms with Crippen LogP contribution in [0.2, 0.25) is 0 Å². The first-order chi connectivity index (χ1) is 6.66. The summed E-state index contributed by atoms with van der Waals surface area (Å²) in [4.78, 5) is 10.2. The third-order valence-corrected chi connectivity index (χ3v) is 4.37. The molecular formula is C13H20O. The second-order valence-electron chi connectivity index (χ2n) is 5.38. The summed E-state index contributed by atoms with van der Waals surface area (Å²) < 4.78 is 0. The van der Waals surface area contributed by atoms with Gasteiger partial charge < -0.3 is 4.79 Å². The fraction of sp³-hybridized carbons (Fsp3) is 0.769. The number of carbonyl (C=O) groups excluding carboxylic acids is 1. The third-order valence-electron chi connectivity index (χ3n) is 4.37. The minimum Gasteiger partial charge on any atom is -0.303 e. The van der Waals surface area contributed by atoms with Crippen LogP contribution in [-0.2, 0) is 4.79 Å². The topological polar surface area (TPSA) is 17.1 Å². The normalized spacial score (nSPS) is 33.1. The average molecular weight is 192 g/mol. The Morgan fingerprint density at radius 3 is 2.93 bits per heavy atom. The zero-order chi connectivity index (χ0) is 10.2. The highest BCUT2D eigenvalue weighted by molar-refractivity contribution is 5.49. The van der Waals surface area contributed by atoms with Gasteiger partial charge in [-0.25, -0.2) is 0 Å². The van der Waals surface area contributed by atoms with E-state index in [0.29, 0.717) is 5.41 Å². The Bertz CT molecular complexity index is 262. The molecule has 3 aliphatic rings. The molecule has 1 heteroatoms. The van der Waals surface area contributed by atoms with Crippen molar-refractivity contribution in [3.8, 4) is 0 Å². The van der Waals surface area contributed by atoms with Crippen LogP contribution >= 0.6 is 0 Å². The molecule has 1 nitrogen and oxygen atoms in total. The molecular weight excluding hydrogens is 172 g/mol. The highest BCUT2D eigenvalue weighted by Crippen LogP contribution is 2.59. The fourth-order valence-electron chi connectivity index (χ4n) is 3.15. The Labute approximate surface area is 86.6 Å². The van der Waals surface area contributed by atoms with Crippen molar-refractivity contribution in [3.63, 3.8) is 0 Å². The van der Waals surface area contributed by atoms with Crippen LogP contribution in [0.1, 0.15) is 46.0 Å². The molecule has 0 radical (unpaired) electrons. The van der Waals surface area contributed by atoms with Gasteiger partial charge in [0.15, 0.2) is 0 Å². The van der Waals surface area contributed by atoms with Crippen LogP contribution in [0.25, 0.3) is 0 Å². The van der Waals surface area contributed by atoms with Crippen LogP contribution in [0.3, 0.4) is 0 Å². The zero-order valence-electron chi connectivity index (χ0n) is 9.25. The number of hydrogen-bond acceptors (Lipinski definition) is 1. The summed E-state index contributed by atoms with van der Waals surface area (Å²) in [6.07, 6.45) is 9.09. The Balaban J connectivity index is 1.93. The van der Waals surface area contributed by atoms with Gasteiger partial charge in [0, 0.05) is 6.42 Å². The maximum atomic E-state index is 10.2. The summed E-state index contributed by atoms with van der Waals surface area (Å²) in [5.74, 6) is 1.76. The summed E-state index contributed by atoms with van der Waals surface area (Å²) in [7, 11) is 0. The highest BCUT2D eigenvalue weighted by atomic mass is 16.1. The predicted octanol–water partition coefficient (Wildman–Crippen LogP) is 3.35. The molecule has 2 atom stereocenters. The molecule has 14 heavy (non-hydrogen) atoms. The Hall–Kier alpha value is -0.590. The second kappa shape index (κ2) is 3.52. The van der Waals surface area contributed by atoms with Gasteiger partial charge >= 0.3 is 0 Å². The first-order valence-electron chi connectivity index (χ1n) is 5.79. The van der Waals surface area contributed by atoms with Crippen LogP contribution in [0.4, 0.5) is 0 Å². The first-order valence-corrected chi connectivity index (χ1v) is 5.79. The number of fused-ring (bicyclic) bond motifs is 1. The Morgan fingerprint density at radius 1 is 1.57 bits per heavy atom. The van der Waals surface area contributed by atoms with E-state index in [-0.39, 0.29) is 0 Å². The Kier molecular flexibility index (Phi) is 2.50. The zero-order valence-corrected chi connectivity index (χ0v) is 9.25. The van der Waals surface area contributed by atoms with E-state index >= 15 is 0 Å². The molecule has 0 amide bonds. The lowest BCUT2D eigenvalue weighted by atomic mass is 9.48. The van der Waals surface area contributed by atoms with Gasteiger partial charge in [0.05, 0.1) is 0 Å². The van der Waals surface area contributed by atoms with Gasteiger partial charge in [-0.15, -0.1) is 0 Å². The second-order valence-corrected chi connectivity index (χ2v) is 5.38. The maximum absolute atomic E-state index is 10.2. The molecule has 0 aromatic rings. The number of allylic oxidation sites excluding steroid dienone is 2. The molecule has 0 spiro atoms. The van der Waals surface area contributed by atoms with Gasteiger partial charge in [0.25, 0.3) is 0 Å². The molecule has 3 rings (SSSR count). The molecule has 2 unspecified atom stereocenters. The van der Waals surface area contributed by atoms with Crippen molar-refractivity contribution in [1.82, 2.24) is 0 Å². The lowest BCUT2D eigenvalue weighted by Crippen LogP contribution is -2.47. The minimum absolute atomic E-state index is 0.547. The average Bonchev–Trinajstić information content (AvgIpc) is 2.18. The monoisotopic (exact) mass is 192 g/mol. The van der Waals surface area contributed by atoms with Crippen molar-refractivity contribution in [1.29, 1.82) is 0 Å². The third kappa shape index (κ3) is 1.43. The van der Waals surface area contributed by atoms with Gasteiger partial charge in [0.1, 0.15) is 6.29 Å². The largest absolute Gasteiger partial charge is 0.303 e. The van der Waals surface area contributed by atoms with Crippen molar-refractivity contribution >= 4 is 6.29 Å². The van der Waals surface area contributed by atoms with E-state index < -0.39 is 0 Å². The van der Waals surface area contributed by atoms with Gasteiger partial charge in [-0.2, -0.15) is 0 Å². The molecule has 1 saturated carbocycles. The van der Waals surface area contributed by atoms with E-state index in [0.717, 1.165) is 37.4 Å². The van der Waals surface area contributed by atoms with E-state index in [9.17, 15) is 4.79 Å². The summed E-state index contributed by atoms with van der Waals surface area (Å²) in [6, 6.07) is 0. The molecule has 78 valence electrons. The van der Waals surface area contributed by atoms with Crippen molar-refractivity contribution in [2.24, 2.45) is 17.3 Å². The van der Waals surface area contributed by atoms with E-state index in [1.54, 1.807) is 5.57 Å². The van der Waals surface area contributed by atoms with Gasteiger partial charge in [-0.05, 0) is 42.9 Å². The van der Waals surface area contributed by atoms with Crippen LogP contribution in [0.15, 0.2) is 11.6 Å². The van der Waals surface area contributed by atoms with Crippen LogP contribution in [0, 0.1) is 17.3 Å². The molecule has 0 aromatic heterocycles. The van der Waals surface area contributed by atoms with E-state index in [1.165, 1.54) is 12.8 Å². The lowest BCUT2D eigenvalue weighted by Gasteiger charge is -2.56. The van der Waals surface area contributed by atoms with E-state index in [2.05, 4.69) is 19.9 Å². The lowest BCUT2D eigenvalue weighted by molar-refractivity contribution is -0.107. The van der Waals surface area contributed by atoms with E-state index in [4.69, 9.17) is 0 Å². The van der Waals surface area contributed by atoms with Gasteiger partial charge in [-0.1, -0.05) is 25.5 Å². The Morgan fingerprint density at radius 2 is 2.36 bits per heavy atom. The fourth-order valence-corrected chi connectivity index (χ4v) is 3.15. The van der Waals surface area contributed by atoms with Crippen molar-refractivity contribution in [2.75, 3.05) is 0 Å². The van der Waals surface area contributed by atoms with Crippen LogP contribution in [0.5, 0.6) is 0 Å². The molecule has 0 aromatic carbocycles. The van der Waals surface area contributed by atoms with Crippen molar-refractivity contribution in [2.45, 2.75) is 46.0 Å². The predicted molar refractivity (Wildman–Crippen MR) is 58.0 cm³/mol. The summed E-state index contributed by atoms with van der Waals surface area (Å²) in [6.45, 7) is 4.80. The molecule has 0 aliphatic heterocycles. The van der Waals surface area contributed by atoms with Gasteiger partial charge in [-0.3, -0.25) is 0 Å². The first kappa shape index (κ1) is 9.95. The molecule has 0 N–H and O–H groups in total. The van der Waals surface area contributed by atoms with Crippen molar-refractivity contribution in [3.05, 3.63) is 11.6 Å². The standard InChI is InChI=1S/C13H20O/c1-13(2)11-7-6-10(12(13)9-11)5-3-4-8-14/h6,8,11-12H,3-5,7,9H2,1-2H3. The van der Waals surface area contributed by atoms with Gasteiger partial charge in [0.2, 0.25) is 0 Å². The number of aldehydes is 1. The van der Waals surface area contributed by atoms with Crippen LogP contribution < -0.4 is 0 Å². The molecule has 0 heterocycles. The molecule has 3 aliphatic carbocycles. The summed E-state index contributed by atoms with van der Waals surface area (Å²) in [5, 5.41) is 0. The number of rotatable bonds is 4. The smallest absolute Gasteiger partial charge is 0.120 e. The minimum atomic E-state index is 0.547. The SMILES string of the molecule is CC1(C)C2CC=C(CCCC=O)C1C2. The summed E-state index contributed by atoms with van der Waals surface area (Å²) >= 11 is 0. The van der Waals surface area contributed by atoms with E-state index in [1.807, 2.05) is 0 Å². The number of unbranched alkanes of at least 4 members (excludes halogenated alkanes) is 1. The quantitative estimate of drug-likeness (QED) is 0.379. The molecule has 0 saturated heterocycles. The number of carbonyl (C=O) groups is 1. The molecule has 1 fully saturated rings. The maximum Gasteiger partial charge on any atom is 0.120 e.